The van der Waals surface area contributed by atoms with Crippen molar-refractivity contribution in [3.8, 4) is 0 Å². The second-order valence-corrected chi connectivity index (χ2v) is 24.7. The molecule has 0 aromatic carbocycles. The van der Waals surface area contributed by atoms with Crippen LogP contribution in [0.3, 0.4) is 0 Å². The van der Waals surface area contributed by atoms with Gasteiger partial charge in [0.2, 0.25) is 5.91 Å². The predicted octanol–water partition coefficient (Wildman–Crippen LogP) is 24.3. The van der Waals surface area contributed by atoms with E-state index in [1.54, 1.807) is 6.08 Å². The van der Waals surface area contributed by atoms with Crippen LogP contribution in [0, 0.1) is 0 Å². The summed E-state index contributed by atoms with van der Waals surface area (Å²) in [5.41, 5.74) is 0. The smallest absolute Gasteiger partial charge is 0.220 e. The van der Waals surface area contributed by atoms with Crippen LogP contribution in [0.25, 0.3) is 0 Å². The molecule has 456 valence electrons. The van der Waals surface area contributed by atoms with Crippen molar-refractivity contribution in [3.63, 3.8) is 0 Å². The van der Waals surface area contributed by atoms with Gasteiger partial charge in [-0.15, -0.1) is 0 Å². The average molecular weight is 1080 g/mol. The van der Waals surface area contributed by atoms with Gasteiger partial charge in [0.1, 0.15) is 0 Å². The first-order valence-electron chi connectivity index (χ1n) is 35.7. The summed E-state index contributed by atoms with van der Waals surface area (Å²) in [6.07, 6.45) is 95.3. The largest absolute Gasteiger partial charge is 0.394 e. The zero-order valence-electron chi connectivity index (χ0n) is 52.8. The van der Waals surface area contributed by atoms with E-state index in [2.05, 4.69) is 43.5 Å². The third-order valence-electron chi connectivity index (χ3n) is 16.9. The highest BCUT2D eigenvalue weighted by Gasteiger charge is 2.18. The fourth-order valence-electron chi connectivity index (χ4n) is 11.5. The van der Waals surface area contributed by atoms with Crippen LogP contribution < -0.4 is 5.32 Å². The van der Waals surface area contributed by atoms with Crippen LogP contribution in [-0.2, 0) is 4.79 Å². The van der Waals surface area contributed by atoms with Gasteiger partial charge >= 0.3 is 0 Å². The number of nitrogens with one attached hydrogen (secondary N) is 1. The summed E-state index contributed by atoms with van der Waals surface area (Å²) in [6.45, 7) is 4.35. The van der Waals surface area contributed by atoms with E-state index in [-0.39, 0.29) is 12.5 Å². The molecule has 0 bridgehead atoms. The Morgan fingerprint density at radius 3 is 0.779 bits per heavy atom. The van der Waals surface area contributed by atoms with Crippen molar-refractivity contribution in [2.24, 2.45) is 0 Å². The van der Waals surface area contributed by atoms with E-state index in [0.29, 0.717) is 6.42 Å². The van der Waals surface area contributed by atoms with Crippen molar-refractivity contribution in [2.45, 2.75) is 418 Å². The molecule has 0 spiro atoms. The lowest BCUT2D eigenvalue weighted by Gasteiger charge is -2.20. The molecular formula is C73H141NO3. The maximum Gasteiger partial charge on any atom is 0.220 e. The minimum absolute atomic E-state index is 0.0549. The van der Waals surface area contributed by atoms with E-state index in [1.165, 1.54) is 353 Å². The van der Waals surface area contributed by atoms with Gasteiger partial charge in [0.15, 0.2) is 0 Å². The van der Waals surface area contributed by atoms with Crippen molar-refractivity contribution < 1.29 is 15.0 Å². The standard InChI is InChI=1S/C73H141NO3/c1-3-5-7-9-11-13-15-17-19-21-23-25-27-29-31-33-35-36-37-38-39-41-43-45-47-49-51-53-55-57-59-61-63-65-67-69-73(77)74-71(70-75)72(76)68-66-64-62-60-58-56-54-52-50-48-46-44-42-40-34-32-30-28-26-24-22-20-18-16-14-12-10-8-6-4-2/h15,17,21,23,66,68,71-72,75-76H,3-14,16,18-20,22,24-65,67,69-70H2,1-2H3,(H,74,77)/b17-15-,23-21-,68-66+. The summed E-state index contributed by atoms with van der Waals surface area (Å²) in [5.74, 6) is -0.0549. The van der Waals surface area contributed by atoms with Crippen LogP contribution in [0.4, 0.5) is 0 Å². The number of hydrogen-bond acceptors (Lipinski definition) is 3. The number of unbranched alkanes of at least 4 members (excludes halogenated alkanes) is 56. The molecule has 0 saturated carbocycles. The second kappa shape index (κ2) is 68.9. The highest BCUT2D eigenvalue weighted by atomic mass is 16.3. The van der Waals surface area contributed by atoms with Gasteiger partial charge < -0.3 is 15.5 Å². The van der Waals surface area contributed by atoms with Crippen molar-refractivity contribution in [1.82, 2.24) is 5.32 Å². The summed E-state index contributed by atoms with van der Waals surface area (Å²) < 4.78 is 0. The summed E-state index contributed by atoms with van der Waals surface area (Å²) in [7, 11) is 0. The molecule has 4 heteroatoms. The van der Waals surface area contributed by atoms with Crippen molar-refractivity contribution in [1.29, 1.82) is 0 Å². The van der Waals surface area contributed by atoms with Gasteiger partial charge in [0.25, 0.3) is 0 Å². The number of amides is 1. The molecule has 0 aliphatic rings. The third-order valence-corrected chi connectivity index (χ3v) is 16.9. The molecular weight excluding hydrogens is 939 g/mol. The lowest BCUT2D eigenvalue weighted by atomic mass is 10.0. The highest BCUT2D eigenvalue weighted by molar-refractivity contribution is 5.76. The van der Waals surface area contributed by atoms with E-state index < -0.39 is 12.1 Å². The molecule has 0 fully saturated rings. The first-order chi connectivity index (χ1) is 38.2. The first-order valence-corrected chi connectivity index (χ1v) is 35.7. The minimum Gasteiger partial charge on any atom is -0.394 e. The molecule has 0 aliphatic carbocycles. The van der Waals surface area contributed by atoms with Crippen LogP contribution >= 0.6 is 0 Å². The molecule has 1 amide bonds. The van der Waals surface area contributed by atoms with Gasteiger partial charge in [-0.2, -0.15) is 0 Å². The molecule has 0 saturated heterocycles. The van der Waals surface area contributed by atoms with Crippen molar-refractivity contribution in [3.05, 3.63) is 36.5 Å². The molecule has 77 heavy (non-hydrogen) atoms. The Morgan fingerprint density at radius 1 is 0.312 bits per heavy atom. The van der Waals surface area contributed by atoms with Gasteiger partial charge in [-0.1, -0.05) is 384 Å². The Labute approximate surface area is 484 Å². The Balaban J connectivity index is 3.41. The number of carbonyl (C=O) groups is 1. The number of aliphatic hydroxyl groups excluding tert-OH is 2. The number of aliphatic hydroxyl groups is 2. The quantitative estimate of drug-likeness (QED) is 0.0420. The second-order valence-electron chi connectivity index (χ2n) is 24.7. The van der Waals surface area contributed by atoms with E-state index in [1.807, 2.05) is 6.08 Å². The Morgan fingerprint density at radius 2 is 0.532 bits per heavy atom. The summed E-state index contributed by atoms with van der Waals surface area (Å²) in [4.78, 5) is 12.5. The van der Waals surface area contributed by atoms with Gasteiger partial charge in [-0.05, 0) is 51.4 Å². The maximum atomic E-state index is 12.5. The molecule has 3 N–H and O–H groups in total. The lowest BCUT2D eigenvalue weighted by molar-refractivity contribution is -0.123. The lowest BCUT2D eigenvalue weighted by Crippen LogP contribution is -2.45. The fraction of sp³-hybridized carbons (Fsp3) is 0.904. The predicted molar refractivity (Wildman–Crippen MR) is 345 cm³/mol. The molecule has 0 heterocycles. The van der Waals surface area contributed by atoms with Gasteiger partial charge in [0.05, 0.1) is 18.8 Å². The molecule has 0 radical (unpaired) electrons. The number of rotatable bonds is 67. The number of allylic oxidation sites excluding steroid dienone is 5. The van der Waals surface area contributed by atoms with E-state index >= 15 is 0 Å². The monoisotopic (exact) mass is 1080 g/mol. The van der Waals surface area contributed by atoms with Gasteiger partial charge in [0, 0.05) is 6.42 Å². The zero-order valence-corrected chi connectivity index (χ0v) is 52.8. The molecule has 0 aliphatic heterocycles. The highest BCUT2D eigenvalue weighted by Crippen LogP contribution is 2.19. The number of hydrogen-bond donors (Lipinski definition) is 3. The molecule has 2 atom stereocenters. The van der Waals surface area contributed by atoms with Crippen LogP contribution in [-0.4, -0.2) is 34.9 Å². The molecule has 0 aromatic rings. The van der Waals surface area contributed by atoms with E-state index in [4.69, 9.17) is 0 Å². The Kier molecular flexibility index (Phi) is 67.6. The van der Waals surface area contributed by atoms with E-state index in [9.17, 15) is 15.0 Å². The minimum atomic E-state index is -0.839. The van der Waals surface area contributed by atoms with Gasteiger partial charge in [-0.25, -0.2) is 0 Å². The van der Waals surface area contributed by atoms with Crippen LogP contribution in [0.1, 0.15) is 406 Å². The number of carbonyl (C=O) groups excluding carboxylic acids is 1. The molecule has 0 rings (SSSR count). The third kappa shape index (κ3) is 65.3. The van der Waals surface area contributed by atoms with Crippen molar-refractivity contribution in [2.75, 3.05) is 6.61 Å². The van der Waals surface area contributed by atoms with Crippen LogP contribution in [0.2, 0.25) is 0 Å². The molecule has 2 unspecified atom stereocenters. The normalized spacial score (nSPS) is 12.8. The topological polar surface area (TPSA) is 69.6 Å². The SMILES string of the molecule is CCCCCCC/C=C\C/C=C\CCCCCCCCCCCCCCCCCCCCCCCCCC(=O)NC(CO)C(O)/C=C/CCCCCCCCCCCCCCCCCCCCCCCCCCCCCC. The summed E-state index contributed by atoms with van der Waals surface area (Å²) in [6, 6.07) is -0.622. The maximum absolute atomic E-state index is 12.5. The Bertz CT molecular complexity index is 1180. The summed E-state index contributed by atoms with van der Waals surface area (Å²) in [5, 5.41) is 23.3. The fourth-order valence-corrected chi connectivity index (χ4v) is 11.5. The zero-order chi connectivity index (χ0) is 55.5. The van der Waals surface area contributed by atoms with Crippen LogP contribution in [0.5, 0.6) is 0 Å². The van der Waals surface area contributed by atoms with Gasteiger partial charge in [-0.3, -0.25) is 4.79 Å². The summed E-state index contributed by atoms with van der Waals surface area (Å²) >= 11 is 0. The van der Waals surface area contributed by atoms with Crippen LogP contribution in [0.15, 0.2) is 36.5 Å². The average Bonchev–Trinajstić information content (AvgIpc) is 3.43. The first kappa shape index (κ1) is 75.6. The molecule has 0 aromatic heterocycles. The van der Waals surface area contributed by atoms with Crippen molar-refractivity contribution >= 4 is 5.91 Å². The Hall–Kier alpha value is -1.39. The molecule has 4 nitrogen and oxygen atoms in total. The van der Waals surface area contributed by atoms with E-state index in [0.717, 1.165) is 32.1 Å².